The summed E-state index contributed by atoms with van der Waals surface area (Å²) in [6.07, 6.45) is 1.57. The minimum absolute atomic E-state index is 0.282. The summed E-state index contributed by atoms with van der Waals surface area (Å²) in [7, 11) is 4.64. The van der Waals surface area contributed by atoms with E-state index < -0.39 is 0 Å². The first kappa shape index (κ1) is 22.3. The molecular formula is C25H23N3O4S. The first-order valence-corrected chi connectivity index (χ1v) is 11.0. The van der Waals surface area contributed by atoms with Crippen molar-refractivity contribution in [3.05, 3.63) is 77.4 Å². The molecule has 4 rings (SSSR count). The minimum Gasteiger partial charge on any atom is -0.493 e. The van der Waals surface area contributed by atoms with Crippen LogP contribution in [0, 0.1) is 6.92 Å². The molecule has 0 bridgehead atoms. The van der Waals surface area contributed by atoms with Crippen molar-refractivity contribution in [1.29, 1.82) is 0 Å². The Hall–Kier alpha value is -3.91. The molecule has 0 saturated heterocycles. The Bertz CT molecular complexity index is 1290. The highest BCUT2D eigenvalue weighted by molar-refractivity contribution is 7.22. The zero-order valence-corrected chi connectivity index (χ0v) is 19.6. The summed E-state index contributed by atoms with van der Waals surface area (Å²) in [4.78, 5) is 18.0. The van der Waals surface area contributed by atoms with Crippen LogP contribution in [-0.2, 0) is 0 Å². The first-order chi connectivity index (χ1) is 16.0. The SMILES string of the molecule is COc1cc(/C=N/N(C(=O)c2ccccc2)c2nc3ccc(C)cc3s2)cc(OC)c1OC. The van der Waals surface area contributed by atoms with Crippen molar-refractivity contribution in [2.24, 2.45) is 5.10 Å². The van der Waals surface area contributed by atoms with Crippen LogP contribution in [0.3, 0.4) is 0 Å². The summed E-state index contributed by atoms with van der Waals surface area (Å²) in [5.41, 5.74) is 3.12. The van der Waals surface area contributed by atoms with Crippen molar-refractivity contribution >= 4 is 38.8 Å². The molecule has 0 spiro atoms. The number of methoxy groups -OCH3 is 3. The number of hydrazone groups is 1. The van der Waals surface area contributed by atoms with Crippen LogP contribution in [0.25, 0.3) is 10.2 Å². The van der Waals surface area contributed by atoms with Crippen LogP contribution in [0.2, 0.25) is 0 Å². The number of nitrogens with zero attached hydrogens (tertiary/aromatic N) is 3. The highest BCUT2D eigenvalue weighted by Gasteiger charge is 2.21. The average Bonchev–Trinajstić information content (AvgIpc) is 3.26. The highest BCUT2D eigenvalue weighted by atomic mass is 32.1. The van der Waals surface area contributed by atoms with Gasteiger partial charge in [-0.1, -0.05) is 35.6 Å². The Balaban J connectivity index is 1.78. The molecule has 33 heavy (non-hydrogen) atoms. The van der Waals surface area contributed by atoms with E-state index in [1.165, 1.54) is 16.3 Å². The lowest BCUT2D eigenvalue weighted by Crippen LogP contribution is -2.25. The molecule has 1 aromatic heterocycles. The molecule has 3 aromatic carbocycles. The van der Waals surface area contributed by atoms with E-state index in [2.05, 4.69) is 10.1 Å². The van der Waals surface area contributed by atoms with E-state index in [9.17, 15) is 4.79 Å². The summed E-state index contributed by atoms with van der Waals surface area (Å²) in [6, 6.07) is 18.5. The van der Waals surface area contributed by atoms with Crippen LogP contribution in [-0.4, -0.2) is 38.4 Å². The van der Waals surface area contributed by atoms with Crippen molar-refractivity contribution < 1.29 is 19.0 Å². The van der Waals surface area contributed by atoms with E-state index in [-0.39, 0.29) is 5.91 Å². The fourth-order valence-electron chi connectivity index (χ4n) is 3.30. The molecule has 0 radical (unpaired) electrons. The molecule has 4 aromatic rings. The van der Waals surface area contributed by atoms with E-state index >= 15 is 0 Å². The normalized spacial score (nSPS) is 11.0. The zero-order chi connectivity index (χ0) is 23.4. The molecule has 0 saturated carbocycles. The van der Waals surface area contributed by atoms with Gasteiger partial charge < -0.3 is 14.2 Å². The molecule has 0 aliphatic rings. The molecule has 0 aliphatic carbocycles. The van der Waals surface area contributed by atoms with Crippen LogP contribution in [0.4, 0.5) is 5.13 Å². The number of hydrogen-bond acceptors (Lipinski definition) is 7. The zero-order valence-electron chi connectivity index (χ0n) is 18.7. The molecule has 1 amide bonds. The van der Waals surface area contributed by atoms with Crippen LogP contribution < -0.4 is 19.2 Å². The molecule has 0 atom stereocenters. The van der Waals surface area contributed by atoms with Gasteiger partial charge in [0.05, 0.1) is 37.8 Å². The van der Waals surface area contributed by atoms with Crippen molar-refractivity contribution in [1.82, 2.24) is 4.98 Å². The number of amides is 1. The third-order valence-corrected chi connectivity index (χ3v) is 5.93. The Morgan fingerprint density at radius 2 is 1.67 bits per heavy atom. The smallest absolute Gasteiger partial charge is 0.280 e. The number of aryl methyl sites for hydroxylation is 1. The molecule has 0 unspecified atom stereocenters. The highest BCUT2D eigenvalue weighted by Crippen LogP contribution is 2.38. The van der Waals surface area contributed by atoms with E-state index in [4.69, 9.17) is 14.2 Å². The van der Waals surface area contributed by atoms with E-state index in [1.807, 2.05) is 43.3 Å². The third kappa shape index (κ3) is 4.65. The van der Waals surface area contributed by atoms with Crippen LogP contribution in [0.5, 0.6) is 17.2 Å². The van der Waals surface area contributed by atoms with Crippen LogP contribution in [0.1, 0.15) is 21.5 Å². The van der Waals surface area contributed by atoms with E-state index in [0.717, 1.165) is 15.8 Å². The summed E-state index contributed by atoms with van der Waals surface area (Å²) in [5.74, 6) is 1.19. The number of carbonyl (C=O) groups is 1. The van der Waals surface area contributed by atoms with E-state index in [1.54, 1.807) is 51.8 Å². The Morgan fingerprint density at radius 3 is 2.30 bits per heavy atom. The lowest BCUT2D eigenvalue weighted by Gasteiger charge is -2.15. The van der Waals surface area contributed by atoms with Gasteiger partial charge in [0, 0.05) is 11.1 Å². The second-order valence-electron chi connectivity index (χ2n) is 7.15. The van der Waals surface area contributed by atoms with Gasteiger partial charge in [-0.3, -0.25) is 4.79 Å². The predicted molar refractivity (Wildman–Crippen MR) is 131 cm³/mol. The number of fused-ring (bicyclic) bond motifs is 1. The van der Waals surface area contributed by atoms with Gasteiger partial charge in [0.25, 0.3) is 5.91 Å². The number of thiazole rings is 1. The van der Waals surface area contributed by atoms with Gasteiger partial charge in [-0.25, -0.2) is 4.98 Å². The monoisotopic (exact) mass is 461 g/mol. The lowest BCUT2D eigenvalue weighted by atomic mass is 10.2. The Labute approximate surface area is 195 Å². The van der Waals surface area contributed by atoms with Gasteiger partial charge in [0.1, 0.15) is 0 Å². The standard InChI is InChI=1S/C25H23N3O4S/c1-16-10-11-19-22(12-16)33-25(27-19)28(24(29)18-8-6-5-7-9-18)26-15-17-13-20(30-2)23(32-4)21(14-17)31-3/h5-15H,1-4H3/b26-15+. The first-order valence-electron chi connectivity index (χ1n) is 10.1. The predicted octanol–water partition coefficient (Wildman–Crippen LogP) is 5.31. The molecular weight excluding hydrogens is 438 g/mol. The summed E-state index contributed by atoms with van der Waals surface area (Å²) < 4.78 is 17.2. The molecule has 8 heteroatoms. The molecule has 0 N–H and O–H groups in total. The molecule has 0 aliphatic heterocycles. The topological polar surface area (TPSA) is 73.2 Å². The lowest BCUT2D eigenvalue weighted by molar-refractivity contribution is 0.0988. The maximum absolute atomic E-state index is 13.4. The maximum Gasteiger partial charge on any atom is 0.280 e. The van der Waals surface area contributed by atoms with Crippen molar-refractivity contribution in [2.45, 2.75) is 6.92 Å². The minimum atomic E-state index is -0.282. The third-order valence-electron chi connectivity index (χ3n) is 4.94. The second kappa shape index (κ2) is 9.70. The number of aromatic nitrogens is 1. The number of ether oxygens (including phenoxy) is 3. The fourth-order valence-corrected chi connectivity index (χ4v) is 4.32. The summed E-state index contributed by atoms with van der Waals surface area (Å²) in [5, 5.41) is 6.32. The molecule has 0 fully saturated rings. The molecule has 1 heterocycles. The summed E-state index contributed by atoms with van der Waals surface area (Å²) >= 11 is 1.41. The number of rotatable bonds is 7. The van der Waals surface area contributed by atoms with Gasteiger partial charge in [-0.2, -0.15) is 10.1 Å². The molecule has 168 valence electrons. The van der Waals surface area contributed by atoms with Crippen molar-refractivity contribution in [2.75, 3.05) is 26.3 Å². The van der Waals surface area contributed by atoms with Gasteiger partial charge in [0.15, 0.2) is 11.5 Å². The number of hydrogen-bond donors (Lipinski definition) is 0. The van der Waals surface area contributed by atoms with Crippen molar-refractivity contribution in [3.63, 3.8) is 0 Å². The van der Waals surface area contributed by atoms with Gasteiger partial charge in [0.2, 0.25) is 10.9 Å². The quantitative estimate of drug-likeness (QED) is 0.275. The number of benzene rings is 3. The maximum atomic E-state index is 13.4. The van der Waals surface area contributed by atoms with Crippen molar-refractivity contribution in [3.8, 4) is 17.2 Å². The largest absolute Gasteiger partial charge is 0.493 e. The van der Waals surface area contributed by atoms with Gasteiger partial charge in [-0.15, -0.1) is 0 Å². The molecule has 7 nitrogen and oxygen atoms in total. The number of anilines is 1. The van der Waals surface area contributed by atoms with Crippen LogP contribution >= 0.6 is 11.3 Å². The average molecular weight is 462 g/mol. The Kier molecular flexibility index (Phi) is 6.55. The Morgan fingerprint density at radius 1 is 0.970 bits per heavy atom. The van der Waals surface area contributed by atoms with Crippen LogP contribution in [0.15, 0.2) is 65.8 Å². The van der Waals surface area contributed by atoms with Gasteiger partial charge in [-0.05, 0) is 48.9 Å². The second-order valence-corrected chi connectivity index (χ2v) is 8.16. The van der Waals surface area contributed by atoms with Gasteiger partial charge >= 0.3 is 0 Å². The summed E-state index contributed by atoms with van der Waals surface area (Å²) in [6.45, 7) is 2.02. The number of carbonyl (C=O) groups excluding carboxylic acids is 1. The van der Waals surface area contributed by atoms with E-state index in [0.29, 0.717) is 33.5 Å². The fraction of sp³-hybridized carbons (Fsp3) is 0.160.